The number of carboxylic acid groups (broad SMARTS) is 1. The molecule has 1 heterocycles. The first kappa shape index (κ1) is 13.7. The van der Waals surface area contributed by atoms with Crippen LogP contribution in [-0.2, 0) is 0 Å². The Morgan fingerprint density at radius 2 is 2.21 bits per heavy atom. The van der Waals surface area contributed by atoms with Gasteiger partial charge in [0.05, 0.1) is 22.2 Å². The van der Waals surface area contributed by atoms with Gasteiger partial charge in [-0.05, 0) is 19.1 Å². The lowest BCUT2D eigenvalue weighted by atomic mass is 10.2. The number of carboxylic acids is 1. The second-order valence-corrected chi connectivity index (χ2v) is 4.28. The van der Waals surface area contributed by atoms with Gasteiger partial charge in [-0.1, -0.05) is 29.3 Å². The molecule has 1 aromatic carbocycles. The summed E-state index contributed by atoms with van der Waals surface area (Å²) in [5.41, 5.74) is 0.107. The van der Waals surface area contributed by atoms with Crippen LogP contribution in [0.5, 0.6) is 5.95 Å². The first-order valence-electron chi connectivity index (χ1n) is 5.36. The Hall–Kier alpha value is -1.72. The summed E-state index contributed by atoms with van der Waals surface area (Å²) in [6.07, 6.45) is 0. The van der Waals surface area contributed by atoms with Crippen LogP contribution < -0.4 is 4.74 Å². The average Bonchev–Trinajstić information content (AvgIpc) is 2.77. The van der Waals surface area contributed by atoms with Crippen LogP contribution >= 0.6 is 23.2 Å². The van der Waals surface area contributed by atoms with E-state index >= 15 is 0 Å². The van der Waals surface area contributed by atoms with Gasteiger partial charge in [0.25, 0.3) is 0 Å². The first-order chi connectivity index (χ1) is 9.04. The van der Waals surface area contributed by atoms with E-state index in [1.807, 2.05) is 0 Å². The second-order valence-electron chi connectivity index (χ2n) is 3.49. The number of carbonyl (C=O) groups is 1. The smallest absolute Gasteiger partial charge is 0.362 e. The van der Waals surface area contributed by atoms with E-state index in [4.69, 9.17) is 37.5 Å². The second kappa shape index (κ2) is 5.50. The van der Waals surface area contributed by atoms with Gasteiger partial charge in [-0.2, -0.15) is 4.98 Å². The van der Waals surface area contributed by atoms with Crippen molar-refractivity contribution in [2.24, 2.45) is 0 Å². The molecule has 0 radical (unpaired) electrons. The summed E-state index contributed by atoms with van der Waals surface area (Å²) in [6, 6.07) is 4.90. The molecular formula is C12H9Cl2NO4. The third-order valence-corrected chi connectivity index (χ3v) is 3.07. The van der Waals surface area contributed by atoms with Gasteiger partial charge >= 0.3 is 11.9 Å². The standard InChI is InChI=1S/C12H9Cl2NO4/c1-2-18-12-9(11(16)17)15-10(19-12)6-4-3-5-7(13)8(6)14/h3-5H,2H2,1H3,(H,16,17). The van der Waals surface area contributed by atoms with E-state index in [1.165, 1.54) is 0 Å². The number of ether oxygens (including phenoxy) is 1. The molecule has 0 bridgehead atoms. The number of halogens is 2. The molecule has 19 heavy (non-hydrogen) atoms. The van der Waals surface area contributed by atoms with Crippen LogP contribution in [0, 0.1) is 0 Å². The lowest BCUT2D eigenvalue weighted by molar-refractivity contribution is 0.0683. The van der Waals surface area contributed by atoms with Crippen molar-refractivity contribution in [2.75, 3.05) is 6.61 Å². The van der Waals surface area contributed by atoms with Gasteiger partial charge in [0.1, 0.15) is 0 Å². The topological polar surface area (TPSA) is 72.6 Å². The van der Waals surface area contributed by atoms with Crippen molar-refractivity contribution in [3.8, 4) is 17.4 Å². The predicted octanol–water partition coefficient (Wildman–Crippen LogP) is 3.75. The Morgan fingerprint density at radius 1 is 1.47 bits per heavy atom. The highest BCUT2D eigenvalue weighted by Gasteiger charge is 2.23. The van der Waals surface area contributed by atoms with E-state index in [9.17, 15) is 4.79 Å². The molecule has 0 fully saturated rings. The highest BCUT2D eigenvalue weighted by atomic mass is 35.5. The minimum absolute atomic E-state index is 0.0494. The molecule has 7 heteroatoms. The monoisotopic (exact) mass is 301 g/mol. The third-order valence-electron chi connectivity index (χ3n) is 2.26. The number of oxazole rings is 1. The van der Waals surface area contributed by atoms with Crippen molar-refractivity contribution in [3.05, 3.63) is 33.9 Å². The molecule has 1 aromatic heterocycles. The highest BCUT2D eigenvalue weighted by Crippen LogP contribution is 2.35. The normalized spacial score (nSPS) is 10.5. The molecular weight excluding hydrogens is 293 g/mol. The van der Waals surface area contributed by atoms with Gasteiger partial charge in [-0.25, -0.2) is 4.79 Å². The molecule has 2 rings (SSSR count). The molecule has 0 amide bonds. The molecule has 1 N–H and O–H groups in total. The quantitative estimate of drug-likeness (QED) is 0.931. The number of hydrogen-bond donors (Lipinski definition) is 1. The van der Waals surface area contributed by atoms with Crippen molar-refractivity contribution < 1.29 is 19.1 Å². The van der Waals surface area contributed by atoms with E-state index in [0.717, 1.165) is 0 Å². The summed E-state index contributed by atoms with van der Waals surface area (Å²) >= 11 is 11.9. The molecule has 0 saturated heterocycles. The van der Waals surface area contributed by atoms with Crippen molar-refractivity contribution in [3.63, 3.8) is 0 Å². The summed E-state index contributed by atoms with van der Waals surface area (Å²) in [6.45, 7) is 1.97. The SMILES string of the molecule is CCOc1oc(-c2cccc(Cl)c2Cl)nc1C(=O)O. The molecule has 0 aliphatic heterocycles. The number of hydrogen-bond acceptors (Lipinski definition) is 4. The van der Waals surface area contributed by atoms with Crippen LogP contribution in [0.25, 0.3) is 11.5 Å². The average molecular weight is 302 g/mol. The van der Waals surface area contributed by atoms with Crippen LogP contribution in [0.1, 0.15) is 17.4 Å². The highest BCUT2D eigenvalue weighted by molar-refractivity contribution is 6.43. The Labute approximate surface area is 118 Å². The number of rotatable bonds is 4. The minimum atomic E-state index is -1.24. The van der Waals surface area contributed by atoms with Gasteiger partial charge in [0, 0.05) is 0 Å². The largest absolute Gasteiger partial charge is 0.476 e. The maximum absolute atomic E-state index is 11.0. The molecule has 5 nitrogen and oxygen atoms in total. The van der Waals surface area contributed by atoms with Crippen LogP contribution in [0.3, 0.4) is 0 Å². The van der Waals surface area contributed by atoms with E-state index in [0.29, 0.717) is 10.6 Å². The number of aromatic nitrogens is 1. The molecule has 0 saturated carbocycles. The molecule has 0 spiro atoms. The molecule has 0 aliphatic carbocycles. The Morgan fingerprint density at radius 3 is 2.84 bits per heavy atom. The number of aromatic carboxylic acids is 1. The first-order valence-corrected chi connectivity index (χ1v) is 6.11. The third kappa shape index (κ3) is 2.67. The molecule has 0 atom stereocenters. The summed E-state index contributed by atoms with van der Waals surface area (Å²) in [5.74, 6) is -1.34. The number of benzene rings is 1. The predicted molar refractivity (Wildman–Crippen MR) is 70.1 cm³/mol. The summed E-state index contributed by atoms with van der Waals surface area (Å²) < 4.78 is 10.4. The van der Waals surface area contributed by atoms with Crippen molar-refractivity contribution in [1.29, 1.82) is 0 Å². The van der Waals surface area contributed by atoms with Crippen LogP contribution in [0.15, 0.2) is 22.6 Å². The maximum atomic E-state index is 11.0. The van der Waals surface area contributed by atoms with E-state index in [2.05, 4.69) is 4.98 Å². The Balaban J connectivity index is 2.54. The van der Waals surface area contributed by atoms with Crippen molar-refractivity contribution >= 4 is 29.2 Å². The fraction of sp³-hybridized carbons (Fsp3) is 0.167. The van der Waals surface area contributed by atoms with Crippen LogP contribution in [-0.4, -0.2) is 22.7 Å². The fourth-order valence-electron chi connectivity index (χ4n) is 1.45. The van der Waals surface area contributed by atoms with Gasteiger partial charge in [0.2, 0.25) is 11.6 Å². The summed E-state index contributed by atoms with van der Waals surface area (Å²) in [5, 5.41) is 9.58. The summed E-state index contributed by atoms with van der Waals surface area (Å²) in [4.78, 5) is 14.9. The van der Waals surface area contributed by atoms with Crippen LogP contribution in [0.2, 0.25) is 10.0 Å². The molecule has 0 unspecified atom stereocenters. The van der Waals surface area contributed by atoms with E-state index in [-0.39, 0.29) is 29.2 Å². The molecule has 0 aliphatic rings. The van der Waals surface area contributed by atoms with Crippen molar-refractivity contribution in [1.82, 2.24) is 4.98 Å². The zero-order valence-electron chi connectivity index (χ0n) is 9.81. The number of nitrogens with zero attached hydrogens (tertiary/aromatic N) is 1. The van der Waals surface area contributed by atoms with Crippen LogP contribution in [0.4, 0.5) is 0 Å². The maximum Gasteiger partial charge on any atom is 0.362 e. The van der Waals surface area contributed by atoms with Crippen molar-refractivity contribution in [2.45, 2.75) is 6.92 Å². The summed E-state index contributed by atoms with van der Waals surface area (Å²) in [7, 11) is 0. The Bertz CT molecular complexity index is 624. The lowest BCUT2D eigenvalue weighted by Crippen LogP contribution is -2.01. The van der Waals surface area contributed by atoms with Gasteiger partial charge in [0.15, 0.2) is 0 Å². The van der Waals surface area contributed by atoms with E-state index < -0.39 is 5.97 Å². The zero-order chi connectivity index (χ0) is 14.0. The minimum Gasteiger partial charge on any atom is -0.476 e. The molecule has 2 aromatic rings. The van der Waals surface area contributed by atoms with Gasteiger partial charge < -0.3 is 14.3 Å². The molecule has 100 valence electrons. The van der Waals surface area contributed by atoms with Gasteiger partial charge in [-0.3, -0.25) is 0 Å². The lowest BCUT2D eigenvalue weighted by Gasteiger charge is -2.00. The van der Waals surface area contributed by atoms with Gasteiger partial charge in [-0.15, -0.1) is 0 Å². The zero-order valence-corrected chi connectivity index (χ0v) is 11.3. The van der Waals surface area contributed by atoms with E-state index in [1.54, 1.807) is 25.1 Å². The Kier molecular flexibility index (Phi) is 3.97. The fourth-order valence-corrected chi connectivity index (χ4v) is 1.84.